The van der Waals surface area contributed by atoms with Crippen LogP contribution in [0.2, 0.25) is 0 Å². The Bertz CT molecular complexity index is 792. The van der Waals surface area contributed by atoms with Gasteiger partial charge in [-0.1, -0.05) is 17.8 Å². The molecule has 3 rings (SSSR count). The summed E-state index contributed by atoms with van der Waals surface area (Å²) in [5.41, 5.74) is 2.46. The number of hydrogen-bond acceptors (Lipinski definition) is 5. The minimum absolute atomic E-state index is 0.696. The summed E-state index contributed by atoms with van der Waals surface area (Å²) in [6.45, 7) is 7.77. The van der Waals surface area contributed by atoms with Gasteiger partial charge in [0.25, 0.3) is 0 Å². The van der Waals surface area contributed by atoms with Gasteiger partial charge in [0.15, 0.2) is 16.7 Å². The van der Waals surface area contributed by atoms with Gasteiger partial charge in [-0.15, -0.1) is 10.2 Å². The molecule has 0 unspecified atom stereocenters. The number of thioether (sulfide) groups is 1. The molecular formula is C19H23N3O2S. The van der Waals surface area contributed by atoms with E-state index in [4.69, 9.17) is 9.15 Å². The van der Waals surface area contributed by atoms with Crippen molar-refractivity contribution in [2.24, 2.45) is 0 Å². The SMILES string of the molecule is CCn1c(SCCCOc2cc(C)cc(C)c2)nnc1-c1ccco1. The van der Waals surface area contributed by atoms with Crippen LogP contribution in [0.1, 0.15) is 24.5 Å². The highest BCUT2D eigenvalue weighted by atomic mass is 32.2. The molecule has 0 amide bonds. The van der Waals surface area contributed by atoms with E-state index >= 15 is 0 Å². The fraction of sp³-hybridized carbons (Fsp3) is 0.368. The van der Waals surface area contributed by atoms with Crippen molar-refractivity contribution >= 4 is 11.8 Å². The van der Waals surface area contributed by atoms with Crippen LogP contribution in [0.15, 0.2) is 46.2 Å². The molecule has 132 valence electrons. The average Bonchev–Trinajstić information content (AvgIpc) is 3.22. The first-order chi connectivity index (χ1) is 12.2. The van der Waals surface area contributed by atoms with E-state index in [9.17, 15) is 0 Å². The molecule has 0 aliphatic rings. The zero-order valence-electron chi connectivity index (χ0n) is 14.9. The molecule has 0 radical (unpaired) electrons. The van der Waals surface area contributed by atoms with E-state index in [2.05, 4.69) is 53.7 Å². The van der Waals surface area contributed by atoms with Crippen LogP contribution in [0.4, 0.5) is 0 Å². The van der Waals surface area contributed by atoms with Gasteiger partial charge in [-0.2, -0.15) is 0 Å². The summed E-state index contributed by atoms with van der Waals surface area (Å²) in [4.78, 5) is 0. The smallest absolute Gasteiger partial charge is 0.200 e. The van der Waals surface area contributed by atoms with Gasteiger partial charge in [-0.05, 0) is 62.6 Å². The van der Waals surface area contributed by atoms with Crippen molar-refractivity contribution in [1.29, 1.82) is 0 Å². The molecule has 0 aliphatic heterocycles. The van der Waals surface area contributed by atoms with Gasteiger partial charge >= 0.3 is 0 Å². The average molecular weight is 357 g/mol. The van der Waals surface area contributed by atoms with Crippen LogP contribution < -0.4 is 4.74 Å². The number of furan rings is 1. The predicted octanol–water partition coefficient (Wildman–Crippen LogP) is 4.74. The number of benzene rings is 1. The van der Waals surface area contributed by atoms with Crippen molar-refractivity contribution < 1.29 is 9.15 Å². The van der Waals surface area contributed by atoms with E-state index in [-0.39, 0.29) is 0 Å². The Morgan fingerprint density at radius 2 is 1.96 bits per heavy atom. The van der Waals surface area contributed by atoms with Gasteiger partial charge in [-0.25, -0.2) is 0 Å². The molecule has 6 heteroatoms. The lowest BCUT2D eigenvalue weighted by atomic mass is 10.1. The summed E-state index contributed by atoms with van der Waals surface area (Å²) in [7, 11) is 0. The zero-order valence-corrected chi connectivity index (χ0v) is 15.7. The number of ether oxygens (including phenoxy) is 1. The lowest BCUT2D eigenvalue weighted by molar-refractivity contribution is 0.318. The number of rotatable bonds is 8. The number of aromatic nitrogens is 3. The summed E-state index contributed by atoms with van der Waals surface area (Å²) in [6.07, 6.45) is 2.60. The van der Waals surface area contributed by atoms with Crippen molar-refractivity contribution in [3.63, 3.8) is 0 Å². The third-order valence-electron chi connectivity index (χ3n) is 3.76. The van der Waals surface area contributed by atoms with Crippen LogP contribution in [0, 0.1) is 13.8 Å². The Morgan fingerprint density at radius 3 is 2.64 bits per heavy atom. The van der Waals surface area contributed by atoms with Gasteiger partial charge in [0.05, 0.1) is 12.9 Å². The highest BCUT2D eigenvalue weighted by Crippen LogP contribution is 2.24. The highest BCUT2D eigenvalue weighted by Gasteiger charge is 2.14. The summed E-state index contributed by atoms with van der Waals surface area (Å²) >= 11 is 1.70. The quantitative estimate of drug-likeness (QED) is 0.431. The maximum atomic E-state index is 5.86. The van der Waals surface area contributed by atoms with Crippen LogP contribution in [0.5, 0.6) is 5.75 Å². The fourth-order valence-corrected chi connectivity index (χ4v) is 3.61. The van der Waals surface area contributed by atoms with Crippen LogP contribution in [-0.2, 0) is 6.54 Å². The predicted molar refractivity (Wildman–Crippen MR) is 100 cm³/mol. The molecule has 2 heterocycles. The number of hydrogen-bond donors (Lipinski definition) is 0. The summed E-state index contributed by atoms with van der Waals surface area (Å²) in [6, 6.07) is 10.1. The minimum atomic E-state index is 0.696. The molecule has 0 fully saturated rings. The molecule has 0 bridgehead atoms. The molecule has 0 aliphatic carbocycles. The Kier molecular flexibility index (Phi) is 5.81. The molecule has 0 saturated carbocycles. The molecule has 0 N–H and O–H groups in total. The molecule has 3 aromatic rings. The van der Waals surface area contributed by atoms with Gasteiger partial charge in [0.2, 0.25) is 0 Å². The lowest BCUT2D eigenvalue weighted by Gasteiger charge is -2.08. The standard InChI is InChI=1S/C19H23N3O2S/c1-4-22-18(17-7-5-8-24-17)20-21-19(22)25-10-6-9-23-16-12-14(2)11-15(3)13-16/h5,7-8,11-13H,4,6,9-10H2,1-3H3. The van der Waals surface area contributed by atoms with Crippen molar-refractivity contribution in [2.75, 3.05) is 12.4 Å². The van der Waals surface area contributed by atoms with Crippen LogP contribution in [-0.4, -0.2) is 27.1 Å². The minimum Gasteiger partial charge on any atom is -0.494 e. The second-order valence-electron chi connectivity index (χ2n) is 5.90. The lowest BCUT2D eigenvalue weighted by Crippen LogP contribution is -2.02. The van der Waals surface area contributed by atoms with E-state index in [1.165, 1.54) is 11.1 Å². The van der Waals surface area contributed by atoms with E-state index in [1.54, 1.807) is 18.0 Å². The molecule has 2 aromatic heterocycles. The largest absolute Gasteiger partial charge is 0.494 e. The molecule has 1 aromatic carbocycles. The van der Waals surface area contributed by atoms with Crippen molar-refractivity contribution in [1.82, 2.24) is 14.8 Å². The highest BCUT2D eigenvalue weighted by molar-refractivity contribution is 7.99. The number of nitrogens with zero attached hydrogens (tertiary/aromatic N) is 3. The van der Waals surface area contributed by atoms with E-state index in [0.717, 1.165) is 41.2 Å². The second kappa shape index (κ2) is 8.25. The Labute approximate surface area is 152 Å². The van der Waals surface area contributed by atoms with E-state index in [0.29, 0.717) is 6.61 Å². The van der Waals surface area contributed by atoms with Crippen LogP contribution >= 0.6 is 11.8 Å². The maximum Gasteiger partial charge on any atom is 0.200 e. The zero-order chi connectivity index (χ0) is 17.6. The van der Waals surface area contributed by atoms with Crippen LogP contribution in [0.3, 0.4) is 0 Å². The Morgan fingerprint density at radius 1 is 1.16 bits per heavy atom. The first-order valence-electron chi connectivity index (χ1n) is 8.48. The van der Waals surface area contributed by atoms with Crippen molar-refractivity contribution in [2.45, 2.75) is 38.9 Å². The van der Waals surface area contributed by atoms with Gasteiger partial charge < -0.3 is 9.15 Å². The monoisotopic (exact) mass is 357 g/mol. The first-order valence-corrected chi connectivity index (χ1v) is 9.47. The summed E-state index contributed by atoms with van der Waals surface area (Å²) in [5, 5.41) is 9.48. The van der Waals surface area contributed by atoms with E-state index in [1.807, 2.05) is 12.1 Å². The molecule has 5 nitrogen and oxygen atoms in total. The van der Waals surface area contributed by atoms with Gasteiger partial charge in [0, 0.05) is 12.3 Å². The molecule has 0 saturated heterocycles. The summed E-state index contributed by atoms with van der Waals surface area (Å²) < 4.78 is 13.4. The molecule has 0 atom stereocenters. The molecule has 0 spiro atoms. The fourth-order valence-electron chi connectivity index (χ4n) is 2.70. The van der Waals surface area contributed by atoms with E-state index < -0.39 is 0 Å². The summed E-state index contributed by atoms with van der Waals surface area (Å²) in [5.74, 6) is 3.40. The third-order valence-corrected chi connectivity index (χ3v) is 4.81. The van der Waals surface area contributed by atoms with Crippen molar-refractivity contribution in [3.8, 4) is 17.3 Å². The normalized spacial score (nSPS) is 11.0. The molecule has 25 heavy (non-hydrogen) atoms. The topological polar surface area (TPSA) is 53.1 Å². The Balaban J connectivity index is 1.51. The number of aryl methyl sites for hydroxylation is 2. The van der Waals surface area contributed by atoms with Gasteiger partial charge in [0.1, 0.15) is 5.75 Å². The van der Waals surface area contributed by atoms with Crippen molar-refractivity contribution in [3.05, 3.63) is 47.7 Å². The maximum absolute atomic E-state index is 5.86. The third kappa shape index (κ3) is 4.45. The molecular weight excluding hydrogens is 334 g/mol. The van der Waals surface area contributed by atoms with Gasteiger partial charge in [-0.3, -0.25) is 4.57 Å². The second-order valence-corrected chi connectivity index (χ2v) is 6.96. The van der Waals surface area contributed by atoms with Crippen LogP contribution in [0.25, 0.3) is 11.6 Å². The first kappa shape index (κ1) is 17.6. The Hall–Kier alpha value is -2.21.